The molecular formula is C26H31BrN2O3. The summed E-state index contributed by atoms with van der Waals surface area (Å²) in [6.45, 7) is 11.2. The van der Waals surface area contributed by atoms with Gasteiger partial charge in [-0.15, -0.1) is 0 Å². The molecule has 1 N–H and O–H groups in total. The average Bonchev–Trinajstić information content (AvgIpc) is 3.03. The molecule has 0 bridgehead atoms. The molecule has 0 aliphatic carbocycles. The number of hydrogen-bond acceptors (Lipinski definition) is 4. The number of aliphatic hydroxyl groups excluding tert-OH is 1. The predicted octanol–water partition coefficient (Wildman–Crippen LogP) is 5.22. The van der Waals surface area contributed by atoms with Crippen LogP contribution >= 0.6 is 15.9 Å². The Morgan fingerprint density at radius 3 is 2.34 bits per heavy atom. The van der Waals surface area contributed by atoms with Crippen LogP contribution in [0.4, 0.5) is 0 Å². The maximum absolute atomic E-state index is 13.2. The molecule has 0 radical (unpaired) electrons. The number of aliphatic hydroxyl groups is 1. The average molecular weight is 499 g/mol. The Labute approximate surface area is 198 Å². The molecule has 1 fully saturated rings. The number of halogens is 1. The third kappa shape index (κ3) is 4.97. The molecule has 0 spiro atoms. The van der Waals surface area contributed by atoms with Gasteiger partial charge >= 0.3 is 0 Å². The molecule has 1 aliphatic rings. The number of amides is 1. The summed E-state index contributed by atoms with van der Waals surface area (Å²) >= 11 is 3.45. The second kappa shape index (κ2) is 10.5. The summed E-state index contributed by atoms with van der Waals surface area (Å²) in [5.41, 5.74) is 3.39. The summed E-state index contributed by atoms with van der Waals surface area (Å²) in [4.78, 5) is 30.1. The lowest BCUT2D eigenvalue weighted by Gasteiger charge is -2.27. The minimum atomic E-state index is -0.626. The van der Waals surface area contributed by atoms with E-state index in [9.17, 15) is 14.7 Å². The maximum atomic E-state index is 13.2. The second-order valence-corrected chi connectivity index (χ2v) is 9.16. The van der Waals surface area contributed by atoms with Crippen molar-refractivity contribution < 1.29 is 14.7 Å². The lowest BCUT2D eigenvalue weighted by Crippen LogP contribution is -2.33. The van der Waals surface area contributed by atoms with Crippen molar-refractivity contribution >= 4 is 33.4 Å². The monoisotopic (exact) mass is 498 g/mol. The summed E-state index contributed by atoms with van der Waals surface area (Å²) < 4.78 is 0.911. The predicted molar refractivity (Wildman–Crippen MR) is 131 cm³/mol. The molecule has 5 nitrogen and oxygen atoms in total. The van der Waals surface area contributed by atoms with Crippen molar-refractivity contribution in [3.05, 3.63) is 74.8 Å². The molecule has 6 heteroatoms. The van der Waals surface area contributed by atoms with Crippen molar-refractivity contribution in [3.8, 4) is 0 Å². The van der Waals surface area contributed by atoms with Gasteiger partial charge in [0.2, 0.25) is 0 Å². The number of benzene rings is 2. The van der Waals surface area contributed by atoms with E-state index in [2.05, 4.69) is 34.7 Å². The first-order valence-electron chi connectivity index (χ1n) is 11.1. The van der Waals surface area contributed by atoms with Gasteiger partial charge in [-0.05, 0) is 69.2 Å². The minimum Gasteiger partial charge on any atom is -0.507 e. The molecule has 1 atom stereocenters. The Morgan fingerprint density at radius 2 is 1.72 bits per heavy atom. The summed E-state index contributed by atoms with van der Waals surface area (Å²) in [7, 11) is 0. The molecule has 1 amide bonds. The zero-order valence-corrected chi connectivity index (χ0v) is 20.8. The van der Waals surface area contributed by atoms with Crippen LogP contribution in [-0.4, -0.2) is 52.8 Å². The van der Waals surface area contributed by atoms with Crippen LogP contribution in [0.5, 0.6) is 0 Å². The van der Waals surface area contributed by atoms with E-state index in [1.54, 1.807) is 4.90 Å². The molecule has 1 unspecified atom stereocenters. The second-order valence-electron chi connectivity index (χ2n) is 8.24. The Hall–Kier alpha value is -2.44. The highest BCUT2D eigenvalue weighted by atomic mass is 79.9. The zero-order valence-electron chi connectivity index (χ0n) is 19.2. The highest BCUT2D eigenvalue weighted by molar-refractivity contribution is 9.10. The molecule has 2 aromatic carbocycles. The largest absolute Gasteiger partial charge is 0.507 e. The SMILES string of the molecule is CCN(CC)CCCN1C(=O)C(=O)/C(=C(/O)c2cc(C)ccc2C)C1c1ccc(Br)cc1. The van der Waals surface area contributed by atoms with Crippen LogP contribution in [0.15, 0.2) is 52.5 Å². The van der Waals surface area contributed by atoms with Crippen LogP contribution in [0, 0.1) is 13.8 Å². The van der Waals surface area contributed by atoms with E-state index in [0.717, 1.165) is 47.2 Å². The van der Waals surface area contributed by atoms with Gasteiger partial charge < -0.3 is 14.9 Å². The van der Waals surface area contributed by atoms with Crippen molar-refractivity contribution in [2.24, 2.45) is 0 Å². The van der Waals surface area contributed by atoms with Crippen LogP contribution in [0.2, 0.25) is 0 Å². The van der Waals surface area contributed by atoms with Gasteiger partial charge in [-0.1, -0.05) is 59.6 Å². The molecule has 1 heterocycles. The molecule has 3 rings (SSSR count). The summed E-state index contributed by atoms with van der Waals surface area (Å²) in [5, 5.41) is 11.3. The van der Waals surface area contributed by atoms with Crippen molar-refractivity contribution in [2.45, 2.75) is 40.2 Å². The Bertz CT molecular complexity index is 1030. The highest BCUT2D eigenvalue weighted by Gasteiger charge is 2.45. The van der Waals surface area contributed by atoms with Crippen LogP contribution in [0.1, 0.15) is 48.6 Å². The number of likely N-dealkylation sites (tertiary alicyclic amines) is 1. The lowest BCUT2D eigenvalue weighted by molar-refractivity contribution is -0.140. The standard InChI is InChI=1S/C26H31BrN2O3/c1-5-28(6-2)14-7-15-29-23(19-10-12-20(27)13-11-19)22(25(31)26(29)32)24(30)21-16-17(3)8-9-18(21)4/h8-13,16,23,30H,5-7,14-15H2,1-4H3/b24-22+. The Morgan fingerprint density at radius 1 is 1.06 bits per heavy atom. The summed E-state index contributed by atoms with van der Waals surface area (Å²) in [6.07, 6.45) is 0.755. The van der Waals surface area contributed by atoms with Crippen LogP contribution in [0.25, 0.3) is 5.76 Å². The van der Waals surface area contributed by atoms with Crippen molar-refractivity contribution in [1.82, 2.24) is 9.80 Å². The van der Waals surface area contributed by atoms with Crippen molar-refractivity contribution in [1.29, 1.82) is 0 Å². The first kappa shape index (κ1) is 24.2. The molecule has 2 aromatic rings. The van der Waals surface area contributed by atoms with Crippen molar-refractivity contribution in [2.75, 3.05) is 26.2 Å². The molecule has 0 aromatic heterocycles. The van der Waals surface area contributed by atoms with Crippen LogP contribution < -0.4 is 0 Å². The van der Waals surface area contributed by atoms with Gasteiger partial charge in [0, 0.05) is 16.6 Å². The number of Topliss-reactive ketones (excluding diaryl/α,β-unsaturated/α-hetero) is 1. The van der Waals surface area contributed by atoms with Gasteiger partial charge in [-0.2, -0.15) is 0 Å². The molecule has 0 saturated carbocycles. The molecule has 1 aliphatic heterocycles. The van der Waals surface area contributed by atoms with Gasteiger partial charge in [0.05, 0.1) is 11.6 Å². The quantitative estimate of drug-likeness (QED) is 0.308. The van der Waals surface area contributed by atoms with E-state index in [-0.39, 0.29) is 11.3 Å². The van der Waals surface area contributed by atoms with E-state index in [1.807, 2.05) is 56.3 Å². The van der Waals surface area contributed by atoms with Crippen LogP contribution in [-0.2, 0) is 9.59 Å². The van der Waals surface area contributed by atoms with Gasteiger partial charge in [0.1, 0.15) is 5.76 Å². The number of aryl methyl sites for hydroxylation is 2. The maximum Gasteiger partial charge on any atom is 0.295 e. The molecule has 170 valence electrons. The Kier molecular flexibility index (Phi) is 7.91. The van der Waals surface area contributed by atoms with Gasteiger partial charge in [0.25, 0.3) is 11.7 Å². The van der Waals surface area contributed by atoms with E-state index < -0.39 is 17.7 Å². The van der Waals surface area contributed by atoms with Gasteiger partial charge in [-0.25, -0.2) is 0 Å². The van der Waals surface area contributed by atoms with E-state index in [1.165, 1.54) is 0 Å². The first-order valence-corrected chi connectivity index (χ1v) is 11.9. The van der Waals surface area contributed by atoms with E-state index in [4.69, 9.17) is 0 Å². The number of hydrogen-bond donors (Lipinski definition) is 1. The summed E-state index contributed by atoms with van der Waals surface area (Å²) in [6, 6.07) is 12.7. The minimum absolute atomic E-state index is 0.108. The number of carbonyl (C=O) groups excluding carboxylic acids is 2. The zero-order chi connectivity index (χ0) is 23.4. The number of nitrogens with zero attached hydrogens (tertiary/aromatic N) is 2. The summed E-state index contributed by atoms with van der Waals surface area (Å²) in [5.74, 6) is -1.29. The third-order valence-electron chi connectivity index (χ3n) is 6.14. The number of ketones is 1. The van der Waals surface area contributed by atoms with Crippen LogP contribution in [0.3, 0.4) is 0 Å². The topological polar surface area (TPSA) is 60.9 Å². The fraction of sp³-hybridized carbons (Fsp3) is 0.385. The Balaban J connectivity index is 2.06. The normalized spacial score (nSPS) is 18.1. The van der Waals surface area contributed by atoms with Gasteiger partial charge in [0.15, 0.2) is 0 Å². The molecule has 32 heavy (non-hydrogen) atoms. The fourth-order valence-corrected chi connectivity index (χ4v) is 4.51. The highest BCUT2D eigenvalue weighted by Crippen LogP contribution is 2.40. The lowest BCUT2D eigenvalue weighted by atomic mass is 9.93. The molecule has 1 saturated heterocycles. The van der Waals surface area contributed by atoms with E-state index in [0.29, 0.717) is 12.1 Å². The smallest absolute Gasteiger partial charge is 0.295 e. The number of carbonyl (C=O) groups is 2. The third-order valence-corrected chi connectivity index (χ3v) is 6.67. The molecular weight excluding hydrogens is 468 g/mol. The fourth-order valence-electron chi connectivity index (χ4n) is 4.24. The van der Waals surface area contributed by atoms with Crippen molar-refractivity contribution in [3.63, 3.8) is 0 Å². The van der Waals surface area contributed by atoms with Gasteiger partial charge in [-0.3, -0.25) is 9.59 Å². The first-order chi connectivity index (χ1) is 15.3. The van der Waals surface area contributed by atoms with E-state index >= 15 is 0 Å². The number of rotatable bonds is 8.